The van der Waals surface area contributed by atoms with Crippen LogP contribution < -0.4 is 0 Å². The number of aryl methyl sites for hydroxylation is 1. The third kappa shape index (κ3) is 1.51. The highest BCUT2D eigenvalue weighted by atomic mass is 16.1. The van der Waals surface area contributed by atoms with Crippen molar-refractivity contribution in [2.75, 3.05) is 0 Å². The Kier molecular flexibility index (Phi) is 2.67. The van der Waals surface area contributed by atoms with Gasteiger partial charge in [0.15, 0.2) is 11.6 Å². The van der Waals surface area contributed by atoms with Crippen LogP contribution in [0.15, 0.2) is 30.5 Å². The Hall–Kier alpha value is -2.49. The summed E-state index contributed by atoms with van der Waals surface area (Å²) in [5.41, 5.74) is 1.70. The predicted molar refractivity (Wildman–Crippen MR) is 73.4 cm³/mol. The molecule has 0 radical (unpaired) electrons. The van der Waals surface area contributed by atoms with Gasteiger partial charge >= 0.3 is 0 Å². The minimum atomic E-state index is -0.243. The van der Waals surface area contributed by atoms with Crippen molar-refractivity contribution < 1.29 is 14.4 Å². The van der Waals surface area contributed by atoms with Gasteiger partial charge in [0.1, 0.15) is 5.69 Å². The lowest BCUT2D eigenvalue weighted by molar-refractivity contribution is 0.0966. The van der Waals surface area contributed by atoms with Crippen molar-refractivity contribution in [3.05, 3.63) is 58.4 Å². The number of hydrogen-bond acceptors (Lipinski definition) is 3. The molecule has 1 aromatic carbocycles. The monoisotopic (exact) mass is 267 g/mol. The summed E-state index contributed by atoms with van der Waals surface area (Å²) in [5, 5.41) is 0. The number of ketones is 3. The van der Waals surface area contributed by atoms with Gasteiger partial charge in [-0.2, -0.15) is 0 Å². The standard InChI is InChI=1S/C16H13NO3/c1-3-17-8-12(9(2)18)13-14(17)16(20)11-7-5-4-6-10(11)15(13)19/h4-8H,3H2,1-2H3. The number of benzene rings is 1. The molecular formula is C16H13NO3. The molecule has 4 heteroatoms. The zero-order valence-corrected chi connectivity index (χ0v) is 11.3. The van der Waals surface area contributed by atoms with E-state index in [2.05, 4.69) is 0 Å². The number of Topliss-reactive ketones (excluding diaryl/α,β-unsaturated/α-hetero) is 1. The second-order valence-electron chi connectivity index (χ2n) is 4.81. The highest BCUT2D eigenvalue weighted by Gasteiger charge is 2.35. The van der Waals surface area contributed by atoms with Gasteiger partial charge in [-0.1, -0.05) is 24.3 Å². The van der Waals surface area contributed by atoms with Crippen molar-refractivity contribution in [2.24, 2.45) is 0 Å². The van der Waals surface area contributed by atoms with Crippen LogP contribution >= 0.6 is 0 Å². The fourth-order valence-electron chi connectivity index (χ4n) is 2.69. The molecule has 3 rings (SSSR count). The molecule has 1 aliphatic rings. The molecule has 0 spiro atoms. The summed E-state index contributed by atoms with van der Waals surface area (Å²) in [6.07, 6.45) is 1.61. The molecule has 0 saturated carbocycles. The first kappa shape index (κ1) is 12.5. The van der Waals surface area contributed by atoms with Gasteiger partial charge in [-0.15, -0.1) is 0 Å². The third-order valence-corrected chi connectivity index (χ3v) is 3.66. The Balaban J connectivity index is 2.37. The molecule has 1 heterocycles. The summed E-state index contributed by atoms with van der Waals surface area (Å²) in [5.74, 6) is -0.633. The van der Waals surface area contributed by atoms with Crippen LogP contribution in [-0.4, -0.2) is 21.9 Å². The first-order valence-electron chi connectivity index (χ1n) is 6.48. The van der Waals surface area contributed by atoms with E-state index in [0.29, 0.717) is 28.9 Å². The molecule has 2 aromatic rings. The molecule has 0 N–H and O–H groups in total. The Bertz CT molecular complexity index is 768. The van der Waals surface area contributed by atoms with Gasteiger partial charge in [-0.25, -0.2) is 0 Å². The van der Waals surface area contributed by atoms with Crippen molar-refractivity contribution in [1.82, 2.24) is 4.57 Å². The summed E-state index contributed by atoms with van der Waals surface area (Å²) in [6, 6.07) is 6.74. The van der Waals surface area contributed by atoms with Crippen molar-refractivity contribution in [3.8, 4) is 0 Å². The Morgan fingerprint density at radius 3 is 2.25 bits per heavy atom. The first-order chi connectivity index (χ1) is 9.56. The molecule has 100 valence electrons. The number of carbonyl (C=O) groups is 3. The van der Waals surface area contributed by atoms with E-state index in [9.17, 15) is 14.4 Å². The molecule has 0 amide bonds. The summed E-state index contributed by atoms with van der Waals surface area (Å²) in [7, 11) is 0. The average molecular weight is 267 g/mol. The zero-order valence-electron chi connectivity index (χ0n) is 11.3. The van der Waals surface area contributed by atoms with E-state index in [1.807, 2.05) is 6.92 Å². The fraction of sp³-hybridized carbons (Fsp3) is 0.188. The summed E-state index contributed by atoms with van der Waals surface area (Å²) in [6.45, 7) is 3.83. The molecule has 0 aliphatic heterocycles. The molecular weight excluding hydrogens is 254 g/mol. The minimum absolute atomic E-state index is 0.190. The second kappa shape index (κ2) is 4.27. The second-order valence-corrected chi connectivity index (χ2v) is 4.81. The first-order valence-corrected chi connectivity index (χ1v) is 6.48. The van der Waals surface area contributed by atoms with Crippen LogP contribution in [0.4, 0.5) is 0 Å². The maximum Gasteiger partial charge on any atom is 0.210 e. The van der Waals surface area contributed by atoms with E-state index in [0.717, 1.165) is 0 Å². The zero-order chi connectivity index (χ0) is 14.4. The van der Waals surface area contributed by atoms with E-state index in [1.54, 1.807) is 35.0 Å². The predicted octanol–water partition coefficient (Wildman–Crippen LogP) is 2.49. The molecule has 0 atom stereocenters. The van der Waals surface area contributed by atoms with Crippen molar-refractivity contribution >= 4 is 17.3 Å². The highest BCUT2D eigenvalue weighted by molar-refractivity contribution is 6.30. The average Bonchev–Trinajstić information content (AvgIpc) is 2.85. The fourth-order valence-corrected chi connectivity index (χ4v) is 2.69. The summed E-state index contributed by atoms with van der Waals surface area (Å²) < 4.78 is 1.68. The Labute approximate surface area is 116 Å². The lowest BCUT2D eigenvalue weighted by Gasteiger charge is -2.16. The van der Waals surface area contributed by atoms with E-state index in [4.69, 9.17) is 0 Å². The van der Waals surface area contributed by atoms with Crippen LogP contribution in [0.1, 0.15) is 56.2 Å². The van der Waals surface area contributed by atoms with Crippen LogP contribution in [0.25, 0.3) is 0 Å². The molecule has 0 saturated heterocycles. The molecule has 4 nitrogen and oxygen atoms in total. The van der Waals surface area contributed by atoms with E-state index in [1.165, 1.54) is 6.92 Å². The van der Waals surface area contributed by atoms with E-state index < -0.39 is 0 Å². The van der Waals surface area contributed by atoms with Crippen molar-refractivity contribution in [1.29, 1.82) is 0 Å². The van der Waals surface area contributed by atoms with Crippen molar-refractivity contribution in [3.63, 3.8) is 0 Å². The SMILES string of the molecule is CCn1cc(C(C)=O)c2c1C(=O)c1ccccc1C2=O. The molecule has 20 heavy (non-hydrogen) atoms. The Morgan fingerprint density at radius 1 is 1.10 bits per heavy atom. The number of hydrogen-bond donors (Lipinski definition) is 0. The smallest absolute Gasteiger partial charge is 0.210 e. The lowest BCUT2D eigenvalue weighted by Crippen LogP contribution is -2.23. The number of carbonyl (C=O) groups excluding carboxylic acids is 3. The molecule has 0 unspecified atom stereocenters. The normalized spacial score (nSPS) is 13.1. The van der Waals surface area contributed by atoms with Crippen LogP contribution in [0.3, 0.4) is 0 Å². The number of rotatable bonds is 2. The van der Waals surface area contributed by atoms with E-state index in [-0.39, 0.29) is 22.9 Å². The van der Waals surface area contributed by atoms with Gasteiger partial charge in [0.05, 0.1) is 5.56 Å². The van der Waals surface area contributed by atoms with Crippen LogP contribution in [0, 0.1) is 0 Å². The van der Waals surface area contributed by atoms with Crippen LogP contribution in [-0.2, 0) is 6.54 Å². The van der Waals surface area contributed by atoms with Gasteiger partial charge < -0.3 is 4.57 Å². The van der Waals surface area contributed by atoms with Gasteiger partial charge in [-0.05, 0) is 13.8 Å². The van der Waals surface area contributed by atoms with E-state index >= 15 is 0 Å². The van der Waals surface area contributed by atoms with Gasteiger partial charge in [0, 0.05) is 29.4 Å². The van der Waals surface area contributed by atoms with Crippen LogP contribution in [0.5, 0.6) is 0 Å². The third-order valence-electron chi connectivity index (χ3n) is 3.66. The molecule has 0 fully saturated rings. The van der Waals surface area contributed by atoms with Crippen molar-refractivity contribution in [2.45, 2.75) is 20.4 Å². The Morgan fingerprint density at radius 2 is 1.70 bits per heavy atom. The van der Waals surface area contributed by atoms with Gasteiger partial charge in [-0.3, -0.25) is 14.4 Å². The summed E-state index contributed by atoms with van der Waals surface area (Å²) in [4.78, 5) is 36.9. The van der Waals surface area contributed by atoms with Crippen LogP contribution in [0.2, 0.25) is 0 Å². The summed E-state index contributed by atoms with van der Waals surface area (Å²) >= 11 is 0. The van der Waals surface area contributed by atoms with Gasteiger partial charge in [0.2, 0.25) is 5.78 Å². The maximum atomic E-state index is 12.6. The lowest BCUT2D eigenvalue weighted by atomic mass is 9.86. The molecule has 0 bridgehead atoms. The number of nitrogens with zero attached hydrogens (tertiary/aromatic N) is 1. The quantitative estimate of drug-likeness (QED) is 0.670. The number of aromatic nitrogens is 1. The minimum Gasteiger partial charge on any atom is -0.344 e. The maximum absolute atomic E-state index is 12.6. The topological polar surface area (TPSA) is 56.1 Å². The highest BCUT2D eigenvalue weighted by Crippen LogP contribution is 2.31. The van der Waals surface area contributed by atoms with Gasteiger partial charge in [0.25, 0.3) is 0 Å². The number of fused-ring (bicyclic) bond motifs is 2. The molecule has 1 aromatic heterocycles. The largest absolute Gasteiger partial charge is 0.344 e. The molecule has 1 aliphatic carbocycles.